The summed E-state index contributed by atoms with van der Waals surface area (Å²) in [5.41, 5.74) is 2.21. The Morgan fingerprint density at radius 2 is 2.00 bits per heavy atom. The van der Waals surface area contributed by atoms with Crippen LogP contribution in [0.5, 0.6) is 5.75 Å². The molecule has 0 amide bonds. The fourth-order valence-corrected chi connectivity index (χ4v) is 1.71. The van der Waals surface area contributed by atoms with E-state index in [9.17, 15) is 10.2 Å². The van der Waals surface area contributed by atoms with Crippen LogP contribution in [0.3, 0.4) is 0 Å². The van der Waals surface area contributed by atoms with Crippen molar-refractivity contribution >= 4 is 23.5 Å². The molecule has 0 spiro atoms. The standard InChI is InChI=1S/C14H13ClN2O2/c1-9-14(19)13(10(8-18)6-16-9)7-17-12-4-2-11(15)3-5-12/h2-7,18-19H,8H2,1H3. The van der Waals surface area contributed by atoms with E-state index in [1.807, 2.05) is 0 Å². The highest BCUT2D eigenvalue weighted by atomic mass is 35.5. The molecular weight excluding hydrogens is 264 g/mol. The average molecular weight is 277 g/mol. The van der Waals surface area contributed by atoms with Crippen LogP contribution < -0.4 is 0 Å². The average Bonchev–Trinajstić information content (AvgIpc) is 2.42. The third-order valence-electron chi connectivity index (χ3n) is 2.70. The summed E-state index contributed by atoms with van der Waals surface area (Å²) in [5, 5.41) is 19.8. The van der Waals surface area contributed by atoms with Gasteiger partial charge in [-0.05, 0) is 31.2 Å². The first-order valence-corrected chi connectivity index (χ1v) is 6.07. The van der Waals surface area contributed by atoms with E-state index in [1.54, 1.807) is 31.2 Å². The molecule has 0 bridgehead atoms. The van der Waals surface area contributed by atoms with E-state index < -0.39 is 0 Å². The number of aromatic nitrogens is 1. The molecule has 0 radical (unpaired) electrons. The second-order valence-corrected chi connectivity index (χ2v) is 4.46. The first-order valence-electron chi connectivity index (χ1n) is 5.69. The zero-order valence-corrected chi connectivity index (χ0v) is 11.1. The van der Waals surface area contributed by atoms with Crippen molar-refractivity contribution in [1.29, 1.82) is 0 Å². The Morgan fingerprint density at radius 1 is 1.32 bits per heavy atom. The third-order valence-corrected chi connectivity index (χ3v) is 2.95. The largest absolute Gasteiger partial charge is 0.505 e. The van der Waals surface area contributed by atoms with Crippen LogP contribution in [-0.2, 0) is 6.61 Å². The van der Waals surface area contributed by atoms with Crippen molar-refractivity contribution in [1.82, 2.24) is 4.98 Å². The summed E-state index contributed by atoms with van der Waals surface area (Å²) in [4.78, 5) is 8.23. The molecule has 19 heavy (non-hydrogen) atoms. The van der Waals surface area contributed by atoms with Crippen molar-refractivity contribution < 1.29 is 10.2 Å². The van der Waals surface area contributed by atoms with Crippen LogP contribution in [-0.4, -0.2) is 21.4 Å². The molecule has 0 atom stereocenters. The number of hydrogen-bond acceptors (Lipinski definition) is 4. The third kappa shape index (κ3) is 3.10. The number of aryl methyl sites for hydroxylation is 1. The lowest BCUT2D eigenvalue weighted by atomic mass is 10.1. The van der Waals surface area contributed by atoms with E-state index in [-0.39, 0.29) is 12.4 Å². The number of halogens is 1. The molecule has 2 aromatic rings. The lowest BCUT2D eigenvalue weighted by molar-refractivity contribution is 0.280. The summed E-state index contributed by atoms with van der Waals surface area (Å²) in [6, 6.07) is 7.00. The minimum Gasteiger partial charge on any atom is -0.505 e. The Balaban J connectivity index is 2.37. The molecule has 2 rings (SSSR count). The summed E-state index contributed by atoms with van der Waals surface area (Å²) in [5.74, 6) is 0.0317. The Morgan fingerprint density at radius 3 is 2.63 bits per heavy atom. The molecule has 1 aromatic carbocycles. The van der Waals surface area contributed by atoms with Gasteiger partial charge in [-0.1, -0.05) is 11.6 Å². The minimum absolute atomic E-state index is 0.0317. The van der Waals surface area contributed by atoms with Crippen molar-refractivity contribution in [3.8, 4) is 5.75 Å². The lowest BCUT2D eigenvalue weighted by Crippen LogP contribution is -1.97. The Bertz CT molecular complexity index is 610. The Labute approximate surface area is 116 Å². The number of rotatable bonds is 3. The summed E-state index contributed by atoms with van der Waals surface area (Å²) in [7, 11) is 0. The molecule has 0 saturated heterocycles. The van der Waals surface area contributed by atoms with Crippen LogP contribution >= 0.6 is 11.6 Å². The number of benzene rings is 1. The van der Waals surface area contributed by atoms with Gasteiger partial charge >= 0.3 is 0 Å². The Kier molecular flexibility index (Phi) is 4.14. The maximum Gasteiger partial charge on any atom is 0.145 e. The highest BCUT2D eigenvalue weighted by Gasteiger charge is 2.09. The first kappa shape index (κ1) is 13.5. The number of hydrogen-bond donors (Lipinski definition) is 2. The van der Waals surface area contributed by atoms with E-state index >= 15 is 0 Å². The van der Waals surface area contributed by atoms with Crippen LogP contribution in [0.1, 0.15) is 16.8 Å². The van der Waals surface area contributed by atoms with Gasteiger partial charge in [0.1, 0.15) is 5.75 Å². The van der Waals surface area contributed by atoms with E-state index in [0.29, 0.717) is 27.5 Å². The second kappa shape index (κ2) is 5.82. The van der Waals surface area contributed by atoms with E-state index in [1.165, 1.54) is 12.4 Å². The van der Waals surface area contributed by atoms with Gasteiger partial charge in [-0.3, -0.25) is 9.98 Å². The summed E-state index contributed by atoms with van der Waals surface area (Å²) < 4.78 is 0. The van der Waals surface area contributed by atoms with Gasteiger partial charge in [0, 0.05) is 28.6 Å². The normalized spacial score (nSPS) is 11.1. The fourth-order valence-electron chi connectivity index (χ4n) is 1.59. The predicted molar refractivity (Wildman–Crippen MR) is 75.3 cm³/mol. The zero-order chi connectivity index (χ0) is 13.8. The molecular formula is C14H13ClN2O2. The van der Waals surface area contributed by atoms with Gasteiger partial charge in [-0.2, -0.15) is 0 Å². The smallest absolute Gasteiger partial charge is 0.145 e. The number of aliphatic hydroxyl groups excluding tert-OH is 1. The number of aromatic hydroxyl groups is 1. The number of nitrogens with zero attached hydrogens (tertiary/aromatic N) is 2. The van der Waals surface area contributed by atoms with Crippen molar-refractivity contribution in [2.75, 3.05) is 0 Å². The van der Waals surface area contributed by atoms with Crippen molar-refractivity contribution in [3.05, 3.63) is 52.3 Å². The molecule has 5 heteroatoms. The number of aliphatic hydroxyl groups is 1. The maximum absolute atomic E-state index is 9.95. The topological polar surface area (TPSA) is 65.7 Å². The summed E-state index contributed by atoms with van der Waals surface area (Å²) in [6.45, 7) is 1.49. The first-order chi connectivity index (χ1) is 9.11. The second-order valence-electron chi connectivity index (χ2n) is 4.02. The molecule has 0 unspecified atom stereocenters. The molecule has 0 saturated carbocycles. The molecule has 0 aliphatic rings. The Hall–Kier alpha value is -1.91. The fraction of sp³-hybridized carbons (Fsp3) is 0.143. The van der Waals surface area contributed by atoms with Gasteiger partial charge < -0.3 is 10.2 Å². The predicted octanol–water partition coefficient (Wildman–Crippen LogP) is 2.99. The van der Waals surface area contributed by atoms with Crippen molar-refractivity contribution in [2.45, 2.75) is 13.5 Å². The molecule has 1 aromatic heterocycles. The highest BCUT2D eigenvalue weighted by Crippen LogP contribution is 2.23. The maximum atomic E-state index is 9.95. The molecule has 98 valence electrons. The van der Waals surface area contributed by atoms with Crippen LogP contribution in [0, 0.1) is 6.92 Å². The number of aliphatic imine (C=N–C) groups is 1. The van der Waals surface area contributed by atoms with Gasteiger partial charge in [0.25, 0.3) is 0 Å². The summed E-state index contributed by atoms with van der Waals surface area (Å²) >= 11 is 5.79. The quantitative estimate of drug-likeness (QED) is 0.847. The SMILES string of the molecule is Cc1ncc(CO)c(C=Nc2ccc(Cl)cc2)c1O. The van der Waals surface area contributed by atoms with Crippen molar-refractivity contribution in [3.63, 3.8) is 0 Å². The van der Waals surface area contributed by atoms with Gasteiger partial charge in [0.2, 0.25) is 0 Å². The van der Waals surface area contributed by atoms with Gasteiger partial charge in [-0.25, -0.2) is 0 Å². The van der Waals surface area contributed by atoms with Crippen LogP contribution in [0.2, 0.25) is 5.02 Å². The van der Waals surface area contributed by atoms with Gasteiger partial charge in [0.05, 0.1) is 18.0 Å². The molecule has 0 aliphatic heterocycles. The minimum atomic E-state index is -0.206. The molecule has 4 nitrogen and oxygen atoms in total. The highest BCUT2D eigenvalue weighted by molar-refractivity contribution is 6.30. The van der Waals surface area contributed by atoms with E-state index in [0.717, 1.165) is 0 Å². The molecule has 2 N–H and O–H groups in total. The molecule has 0 fully saturated rings. The molecule has 1 heterocycles. The number of pyridine rings is 1. The van der Waals surface area contributed by atoms with Crippen LogP contribution in [0.25, 0.3) is 0 Å². The molecule has 0 aliphatic carbocycles. The van der Waals surface area contributed by atoms with Gasteiger partial charge in [-0.15, -0.1) is 0 Å². The summed E-state index contributed by atoms with van der Waals surface area (Å²) in [6.07, 6.45) is 3.04. The van der Waals surface area contributed by atoms with E-state index in [4.69, 9.17) is 11.6 Å². The van der Waals surface area contributed by atoms with E-state index in [2.05, 4.69) is 9.98 Å². The lowest BCUT2D eigenvalue weighted by Gasteiger charge is -2.06. The van der Waals surface area contributed by atoms with Crippen LogP contribution in [0.4, 0.5) is 5.69 Å². The zero-order valence-electron chi connectivity index (χ0n) is 10.3. The monoisotopic (exact) mass is 276 g/mol. The van der Waals surface area contributed by atoms with Crippen molar-refractivity contribution in [2.24, 2.45) is 4.99 Å². The van der Waals surface area contributed by atoms with Gasteiger partial charge in [0.15, 0.2) is 0 Å². The van der Waals surface area contributed by atoms with Crippen LogP contribution in [0.15, 0.2) is 35.5 Å².